The summed E-state index contributed by atoms with van der Waals surface area (Å²) in [6, 6.07) is 14.3. The zero-order chi connectivity index (χ0) is 17.2. The van der Waals surface area contributed by atoms with Crippen LogP contribution in [0, 0.1) is 12.7 Å². The average molecular weight is 329 g/mol. The van der Waals surface area contributed by atoms with E-state index in [0.29, 0.717) is 38.0 Å². The number of nitrogens with zero attached hydrogens (tertiary/aromatic N) is 1. The fourth-order valence-corrected chi connectivity index (χ4v) is 3.35. The number of halogens is 1. The molecule has 2 aromatic carbocycles. The number of β-amino-alcohol motifs (C(OH)–C–C–N with tert-alkyl or cyclic N) is 1. The lowest BCUT2D eigenvalue weighted by molar-refractivity contribution is -0.0367. The summed E-state index contributed by atoms with van der Waals surface area (Å²) in [6.07, 6.45) is 0.383. The molecule has 24 heavy (non-hydrogen) atoms. The van der Waals surface area contributed by atoms with Gasteiger partial charge in [0.05, 0.1) is 11.7 Å². The Morgan fingerprint density at radius 3 is 2.33 bits per heavy atom. The van der Waals surface area contributed by atoms with E-state index < -0.39 is 11.7 Å². The molecule has 1 fully saturated rings. The summed E-state index contributed by atoms with van der Waals surface area (Å²) in [6.45, 7) is 3.81. The van der Waals surface area contributed by atoms with Gasteiger partial charge >= 0.3 is 0 Å². The quantitative estimate of drug-likeness (QED) is 0.906. The Hall–Kier alpha value is -1.75. The van der Waals surface area contributed by atoms with Crippen molar-refractivity contribution >= 4 is 0 Å². The Bertz CT molecular complexity index is 678. The Morgan fingerprint density at radius 2 is 1.71 bits per heavy atom. The Labute approximate surface area is 142 Å². The van der Waals surface area contributed by atoms with E-state index >= 15 is 0 Å². The minimum absolute atomic E-state index is 0.354. The van der Waals surface area contributed by atoms with Gasteiger partial charge in [-0.3, -0.25) is 0 Å². The lowest BCUT2D eigenvalue weighted by atomic mass is 9.84. The first kappa shape index (κ1) is 17.1. The predicted molar refractivity (Wildman–Crippen MR) is 92.1 cm³/mol. The van der Waals surface area contributed by atoms with Gasteiger partial charge in [-0.1, -0.05) is 48.0 Å². The van der Waals surface area contributed by atoms with Gasteiger partial charge in [-0.25, -0.2) is 4.39 Å². The van der Waals surface area contributed by atoms with Crippen molar-refractivity contribution in [2.24, 2.45) is 0 Å². The summed E-state index contributed by atoms with van der Waals surface area (Å²) in [5.41, 5.74) is 1.33. The summed E-state index contributed by atoms with van der Waals surface area (Å²) < 4.78 is 14.0. The SMILES string of the molecule is Cc1ccc(C(O)CN2CCC(O)(c3ccccc3F)CC2)cc1. The van der Waals surface area contributed by atoms with Gasteiger partial charge in [0.2, 0.25) is 0 Å². The largest absolute Gasteiger partial charge is 0.387 e. The summed E-state index contributed by atoms with van der Waals surface area (Å²) in [4.78, 5) is 2.12. The van der Waals surface area contributed by atoms with Crippen molar-refractivity contribution in [1.82, 2.24) is 4.90 Å². The molecule has 0 aromatic heterocycles. The highest BCUT2D eigenvalue weighted by atomic mass is 19.1. The van der Waals surface area contributed by atoms with Gasteiger partial charge in [-0.05, 0) is 31.4 Å². The molecule has 1 aliphatic heterocycles. The summed E-state index contributed by atoms with van der Waals surface area (Å²) in [5, 5.41) is 21.2. The third-order valence-corrected chi connectivity index (χ3v) is 4.95. The highest BCUT2D eigenvalue weighted by Gasteiger charge is 2.36. The molecule has 0 radical (unpaired) electrons. The molecule has 0 bridgehead atoms. The molecule has 1 atom stereocenters. The predicted octanol–water partition coefficient (Wildman–Crippen LogP) is 3.15. The van der Waals surface area contributed by atoms with Crippen LogP contribution in [0.4, 0.5) is 4.39 Å². The van der Waals surface area contributed by atoms with Crippen molar-refractivity contribution in [2.45, 2.75) is 31.5 Å². The van der Waals surface area contributed by atoms with Gasteiger partial charge in [0.15, 0.2) is 0 Å². The average Bonchev–Trinajstić information content (AvgIpc) is 2.58. The molecule has 0 aliphatic carbocycles. The second-order valence-corrected chi connectivity index (χ2v) is 6.74. The van der Waals surface area contributed by atoms with Gasteiger partial charge in [-0.15, -0.1) is 0 Å². The van der Waals surface area contributed by atoms with Gasteiger partial charge in [0.1, 0.15) is 5.82 Å². The molecule has 1 saturated heterocycles. The van der Waals surface area contributed by atoms with Gasteiger partial charge in [0.25, 0.3) is 0 Å². The van der Waals surface area contributed by atoms with E-state index in [1.54, 1.807) is 18.2 Å². The van der Waals surface area contributed by atoms with Crippen LogP contribution in [0.1, 0.15) is 35.6 Å². The zero-order valence-electron chi connectivity index (χ0n) is 14.0. The number of hydrogen-bond acceptors (Lipinski definition) is 3. The number of rotatable bonds is 4. The van der Waals surface area contributed by atoms with Crippen LogP contribution >= 0.6 is 0 Å². The van der Waals surface area contributed by atoms with Crippen molar-refractivity contribution in [3.8, 4) is 0 Å². The number of aryl methyl sites for hydroxylation is 1. The van der Waals surface area contributed by atoms with Crippen LogP contribution in [0.15, 0.2) is 48.5 Å². The van der Waals surface area contributed by atoms with E-state index in [0.717, 1.165) is 5.56 Å². The minimum atomic E-state index is -1.11. The second-order valence-electron chi connectivity index (χ2n) is 6.74. The van der Waals surface area contributed by atoms with Crippen LogP contribution in [0.25, 0.3) is 0 Å². The molecule has 0 spiro atoms. The first-order chi connectivity index (χ1) is 11.5. The molecule has 4 heteroatoms. The highest BCUT2D eigenvalue weighted by molar-refractivity contribution is 5.25. The number of piperidine rings is 1. The molecule has 2 aromatic rings. The van der Waals surface area contributed by atoms with E-state index in [4.69, 9.17) is 0 Å². The third-order valence-electron chi connectivity index (χ3n) is 4.95. The number of hydrogen-bond donors (Lipinski definition) is 2. The van der Waals surface area contributed by atoms with Crippen LogP contribution in [-0.4, -0.2) is 34.7 Å². The molecule has 128 valence electrons. The smallest absolute Gasteiger partial charge is 0.129 e. The molecule has 0 amide bonds. The van der Waals surface area contributed by atoms with Crippen molar-refractivity contribution in [2.75, 3.05) is 19.6 Å². The van der Waals surface area contributed by atoms with E-state index in [2.05, 4.69) is 4.90 Å². The fourth-order valence-electron chi connectivity index (χ4n) is 3.35. The van der Waals surface area contributed by atoms with Crippen molar-refractivity contribution in [3.05, 3.63) is 71.0 Å². The van der Waals surface area contributed by atoms with E-state index in [9.17, 15) is 14.6 Å². The molecule has 3 rings (SSSR count). The van der Waals surface area contributed by atoms with Gasteiger partial charge in [-0.2, -0.15) is 0 Å². The molecule has 1 heterocycles. The molecule has 2 N–H and O–H groups in total. The number of aliphatic hydroxyl groups excluding tert-OH is 1. The highest BCUT2D eigenvalue weighted by Crippen LogP contribution is 2.34. The lowest BCUT2D eigenvalue weighted by Gasteiger charge is -2.39. The first-order valence-electron chi connectivity index (χ1n) is 8.42. The summed E-state index contributed by atoms with van der Waals surface area (Å²) >= 11 is 0. The molecule has 1 aliphatic rings. The van der Waals surface area contributed by atoms with Crippen molar-refractivity contribution in [1.29, 1.82) is 0 Å². The van der Waals surface area contributed by atoms with Crippen LogP contribution in [0.3, 0.4) is 0 Å². The van der Waals surface area contributed by atoms with E-state index in [1.807, 2.05) is 31.2 Å². The molecule has 3 nitrogen and oxygen atoms in total. The monoisotopic (exact) mass is 329 g/mol. The van der Waals surface area contributed by atoms with Gasteiger partial charge < -0.3 is 15.1 Å². The standard InChI is InChI=1S/C20H24FNO2/c1-15-6-8-16(9-7-15)19(23)14-22-12-10-20(24,11-13-22)17-4-2-3-5-18(17)21/h2-9,19,23-24H,10-14H2,1H3. The van der Waals surface area contributed by atoms with Crippen molar-refractivity contribution < 1.29 is 14.6 Å². The Morgan fingerprint density at radius 1 is 1.08 bits per heavy atom. The third kappa shape index (κ3) is 3.66. The second kappa shape index (κ2) is 7.01. The van der Waals surface area contributed by atoms with Crippen LogP contribution in [0.5, 0.6) is 0 Å². The molecule has 0 saturated carbocycles. The van der Waals surface area contributed by atoms with E-state index in [-0.39, 0.29) is 5.82 Å². The maximum absolute atomic E-state index is 14.0. The first-order valence-corrected chi connectivity index (χ1v) is 8.42. The van der Waals surface area contributed by atoms with Crippen LogP contribution < -0.4 is 0 Å². The van der Waals surface area contributed by atoms with E-state index in [1.165, 1.54) is 11.6 Å². The normalized spacial score (nSPS) is 19.2. The van der Waals surface area contributed by atoms with Gasteiger partial charge in [0, 0.05) is 25.2 Å². The molecular formula is C20H24FNO2. The number of aliphatic hydroxyl groups is 2. The summed E-state index contributed by atoms with van der Waals surface area (Å²) in [7, 11) is 0. The Kier molecular flexibility index (Phi) is 4.99. The molecule has 1 unspecified atom stereocenters. The topological polar surface area (TPSA) is 43.7 Å². The summed E-state index contributed by atoms with van der Waals surface area (Å²) in [5.74, 6) is -0.354. The lowest BCUT2D eigenvalue weighted by Crippen LogP contribution is -2.44. The Balaban J connectivity index is 1.61. The maximum atomic E-state index is 14.0. The number of benzene rings is 2. The minimum Gasteiger partial charge on any atom is -0.387 e. The number of likely N-dealkylation sites (tertiary alicyclic amines) is 1. The van der Waals surface area contributed by atoms with Crippen LogP contribution in [-0.2, 0) is 5.60 Å². The fraction of sp³-hybridized carbons (Fsp3) is 0.400. The molecular weight excluding hydrogens is 305 g/mol. The van der Waals surface area contributed by atoms with Crippen LogP contribution in [0.2, 0.25) is 0 Å². The maximum Gasteiger partial charge on any atom is 0.129 e. The zero-order valence-corrected chi connectivity index (χ0v) is 14.0. The van der Waals surface area contributed by atoms with Crippen molar-refractivity contribution in [3.63, 3.8) is 0 Å².